The molecule has 3 aromatic rings. The fraction of sp³-hybridized carbons (Fsp3) is 0.150. The van der Waals surface area contributed by atoms with Gasteiger partial charge in [-0.3, -0.25) is 4.79 Å². The minimum atomic E-state index is 0.0837. The summed E-state index contributed by atoms with van der Waals surface area (Å²) in [7, 11) is 0. The predicted molar refractivity (Wildman–Crippen MR) is 108 cm³/mol. The van der Waals surface area contributed by atoms with E-state index < -0.39 is 0 Å². The second kappa shape index (κ2) is 7.63. The molecule has 3 N–H and O–H groups in total. The largest absolute Gasteiger partial charge is 0.340 e. The molecule has 0 bridgehead atoms. The first-order valence-electron chi connectivity index (χ1n) is 8.69. The Bertz CT molecular complexity index is 974. The summed E-state index contributed by atoms with van der Waals surface area (Å²) < 4.78 is 0. The van der Waals surface area contributed by atoms with Crippen molar-refractivity contribution in [1.82, 2.24) is 9.97 Å². The van der Waals surface area contributed by atoms with Crippen LogP contribution in [0.3, 0.4) is 0 Å². The van der Waals surface area contributed by atoms with Crippen molar-refractivity contribution in [2.75, 3.05) is 16.0 Å². The highest BCUT2D eigenvalue weighted by molar-refractivity contribution is 6.33. The molecule has 4 rings (SSSR count). The zero-order valence-electron chi connectivity index (χ0n) is 14.4. The van der Waals surface area contributed by atoms with Gasteiger partial charge < -0.3 is 16.0 Å². The average molecular weight is 380 g/mol. The van der Waals surface area contributed by atoms with Gasteiger partial charge in [0.15, 0.2) is 0 Å². The third-order valence-electron chi connectivity index (χ3n) is 4.15. The standard InChI is InChI=1S/C20H18ClN5O/c21-16-6-1-2-7-17(16)26-19-11-18(22-12-23-19)24-14-4-3-5-15(10-14)25-20(27)13-8-9-13/h1-7,10-13H,8-9H2,(H,25,27)(H2,22,23,24,26). The molecular formula is C20H18ClN5O. The van der Waals surface area contributed by atoms with Crippen molar-refractivity contribution >= 4 is 46.2 Å². The molecule has 0 radical (unpaired) electrons. The maximum absolute atomic E-state index is 11.9. The number of benzene rings is 2. The minimum absolute atomic E-state index is 0.0837. The van der Waals surface area contributed by atoms with Crippen LogP contribution in [0.5, 0.6) is 0 Å². The second-order valence-electron chi connectivity index (χ2n) is 6.36. The van der Waals surface area contributed by atoms with E-state index in [2.05, 4.69) is 25.9 Å². The number of hydrogen-bond donors (Lipinski definition) is 3. The molecule has 1 aromatic heterocycles. The maximum Gasteiger partial charge on any atom is 0.227 e. The number of nitrogens with zero attached hydrogens (tertiary/aromatic N) is 2. The third-order valence-corrected chi connectivity index (χ3v) is 4.48. The van der Waals surface area contributed by atoms with E-state index in [0.717, 1.165) is 29.9 Å². The normalized spacial score (nSPS) is 13.1. The van der Waals surface area contributed by atoms with Crippen molar-refractivity contribution in [3.8, 4) is 0 Å². The molecule has 1 amide bonds. The van der Waals surface area contributed by atoms with Gasteiger partial charge >= 0.3 is 0 Å². The molecule has 0 spiro atoms. The number of amides is 1. The molecule has 0 unspecified atom stereocenters. The van der Waals surface area contributed by atoms with Crippen molar-refractivity contribution in [1.29, 1.82) is 0 Å². The van der Waals surface area contributed by atoms with Crippen LogP contribution in [0, 0.1) is 5.92 Å². The maximum atomic E-state index is 11.9. The van der Waals surface area contributed by atoms with Crippen LogP contribution < -0.4 is 16.0 Å². The molecule has 7 heteroatoms. The van der Waals surface area contributed by atoms with Crippen LogP contribution in [0.4, 0.5) is 28.7 Å². The lowest BCUT2D eigenvalue weighted by atomic mass is 10.2. The lowest BCUT2D eigenvalue weighted by molar-refractivity contribution is -0.117. The number of halogens is 1. The number of rotatable bonds is 6. The highest BCUT2D eigenvalue weighted by atomic mass is 35.5. The molecule has 27 heavy (non-hydrogen) atoms. The zero-order valence-corrected chi connectivity index (χ0v) is 15.2. The topological polar surface area (TPSA) is 78.9 Å². The van der Waals surface area contributed by atoms with Crippen molar-refractivity contribution in [2.45, 2.75) is 12.8 Å². The van der Waals surface area contributed by atoms with E-state index in [-0.39, 0.29) is 11.8 Å². The fourth-order valence-electron chi connectivity index (χ4n) is 2.61. The molecule has 0 saturated heterocycles. The van der Waals surface area contributed by atoms with E-state index in [1.165, 1.54) is 6.33 Å². The van der Waals surface area contributed by atoms with E-state index in [4.69, 9.17) is 11.6 Å². The van der Waals surface area contributed by atoms with Crippen molar-refractivity contribution in [3.63, 3.8) is 0 Å². The highest BCUT2D eigenvalue weighted by Gasteiger charge is 2.29. The van der Waals surface area contributed by atoms with E-state index in [9.17, 15) is 4.79 Å². The Hall–Kier alpha value is -3.12. The Balaban J connectivity index is 1.46. The number of carbonyl (C=O) groups excluding carboxylic acids is 1. The Morgan fingerprint density at radius 3 is 2.44 bits per heavy atom. The molecule has 1 saturated carbocycles. The number of anilines is 5. The van der Waals surface area contributed by atoms with Gasteiger partial charge in [0, 0.05) is 23.4 Å². The second-order valence-corrected chi connectivity index (χ2v) is 6.77. The number of nitrogens with one attached hydrogen (secondary N) is 3. The Morgan fingerprint density at radius 2 is 1.67 bits per heavy atom. The first-order valence-corrected chi connectivity index (χ1v) is 9.07. The monoisotopic (exact) mass is 379 g/mol. The van der Waals surface area contributed by atoms with Gasteiger partial charge in [-0.1, -0.05) is 29.8 Å². The summed E-state index contributed by atoms with van der Waals surface area (Å²) in [6.45, 7) is 0. The number of para-hydroxylation sites is 1. The van der Waals surface area contributed by atoms with Gasteiger partial charge in [-0.15, -0.1) is 0 Å². The molecule has 136 valence electrons. The number of aromatic nitrogens is 2. The zero-order chi connectivity index (χ0) is 18.6. The smallest absolute Gasteiger partial charge is 0.227 e. The molecule has 0 aliphatic heterocycles. The lowest BCUT2D eigenvalue weighted by Gasteiger charge is -2.11. The van der Waals surface area contributed by atoms with E-state index >= 15 is 0 Å². The fourth-order valence-corrected chi connectivity index (χ4v) is 2.79. The van der Waals surface area contributed by atoms with Crippen LogP contribution in [-0.2, 0) is 4.79 Å². The van der Waals surface area contributed by atoms with Crippen LogP contribution in [-0.4, -0.2) is 15.9 Å². The summed E-state index contributed by atoms with van der Waals surface area (Å²) >= 11 is 6.17. The summed E-state index contributed by atoms with van der Waals surface area (Å²) in [5, 5.41) is 9.96. The minimum Gasteiger partial charge on any atom is -0.340 e. The Morgan fingerprint density at radius 1 is 0.926 bits per heavy atom. The summed E-state index contributed by atoms with van der Waals surface area (Å²) in [6, 6.07) is 16.8. The van der Waals surface area contributed by atoms with E-state index in [1.54, 1.807) is 6.07 Å². The molecule has 1 aliphatic rings. The summed E-state index contributed by atoms with van der Waals surface area (Å²) in [5.41, 5.74) is 2.36. The van der Waals surface area contributed by atoms with Gasteiger partial charge in [0.2, 0.25) is 5.91 Å². The highest BCUT2D eigenvalue weighted by Crippen LogP contribution is 2.31. The van der Waals surface area contributed by atoms with Crippen LogP contribution in [0.25, 0.3) is 0 Å². The van der Waals surface area contributed by atoms with Gasteiger partial charge in [0.25, 0.3) is 0 Å². The van der Waals surface area contributed by atoms with Crippen molar-refractivity contribution < 1.29 is 4.79 Å². The average Bonchev–Trinajstić information content (AvgIpc) is 3.50. The molecule has 6 nitrogen and oxygen atoms in total. The Labute approximate surface area is 162 Å². The molecule has 2 aromatic carbocycles. The summed E-state index contributed by atoms with van der Waals surface area (Å²) in [6.07, 6.45) is 3.43. The molecule has 1 fully saturated rings. The van der Waals surface area contributed by atoms with Crippen molar-refractivity contribution in [3.05, 3.63) is 65.9 Å². The first kappa shape index (κ1) is 17.3. The third kappa shape index (κ3) is 4.54. The Kier molecular flexibility index (Phi) is 4.89. The quantitative estimate of drug-likeness (QED) is 0.563. The van der Waals surface area contributed by atoms with Gasteiger partial charge in [-0.25, -0.2) is 9.97 Å². The van der Waals surface area contributed by atoms with Crippen LogP contribution >= 0.6 is 11.6 Å². The molecule has 0 atom stereocenters. The van der Waals surface area contributed by atoms with Crippen molar-refractivity contribution in [2.24, 2.45) is 5.92 Å². The summed E-state index contributed by atoms with van der Waals surface area (Å²) in [4.78, 5) is 20.4. The molecular weight excluding hydrogens is 362 g/mol. The molecule has 1 heterocycles. The number of hydrogen-bond acceptors (Lipinski definition) is 5. The lowest BCUT2D eigenvalue weighted by Crippen LogP contribution is -2.13. The van der Waals surface area contributed by atoms with Crippen LogP contribution in [0.15, 0.2) is 60.9 Å². The number of carbonyl (C=O) groups is 1. The van der Waals surface area contributed by atoms with E-state index in [0.29, 0.717) is 16.7 Å². The predicted octanol–water partition coefficient (Wildman–Crippen LogP) is 4.97. The van der Waals surface area contributed by atoms with Gasteiger partial charge in [-0.05, 0) is 43.2 Å². The van der Waals surface area contributed by atoms with E-state index in [1.807, 2.05) is 48.5 Å². The van der Waals surface area contributed by atoms with Crippen LogP contribution in [0.2, 0.25) is 5.02 Å². The van der Waals surface area contributed by atoms with Gasteiger partial charge in [0.1, 0.15) is 18.0 Å². The first-order chi connectivity index (χ1) is 13.2. The molecule has 1 aliphatic carbocycles. The SMILES string of the molecule is O=C(Nc1cccc(Nc2cc(Nc3ccccc3Cl)ncn2)c1)C1CC1. The van der Waals surface area contributed by atoms with Gasteiger partial charge in [0.05, 0.1) is 10.7 Å². The van der Waals surface area contributed by atoms with Crippen LogP contribution in [0.1, 0.15) is 12.8 Å². The summed E-state index contributed by atoms with van der Waals surface area (Å²) in [5.74, 6) is 1.51. The van der Waals surface area contributed by atoms with Gasteiger partial charge in [-0.2, -0.15) is 0 Å².